The Bertz CT molecular complexity index is 340. The van der Waals surface area contributed by atoms with E-state index in [4.69, 9.17) is 13.5 Å². The van der Waals surface area contributed by atoms with Crippen molar-refractivity contribution >= 4 is 12.9 Å². The molecular formula is C10H17O4P. The molecule has 0 saturated heterocycles. The van der Waals surface area contributed by atoms with Crippen LogP contribution in [0.25, 0.3) is 0 Å². The van der Waals surface area contributed by atoms with Crippen LogP contribution < -0.4 is 5.30 Å². The second-order valence-electron chi connectivity index (χ2n) is 3.16. The van der Waals surface area contributed by atoms with Crippen LogP contribution in [0.2, 0.25) is 0 Å². The molecule has 1 heterocycles. The average molecular weight is 232 g/mol. The average Bonchev–Trinajstić information content (AvgIpc) is 2.47. The summed E-state index contributed by atoms with van der Waals surface area (Å²) in [4.78, 5) is 0. The highest BCUT2D eigenvalue weighted by Gasteiger charge is 2.32. The van der Waals surface area contributed by atoms with Gasteiger partial charge in [-0.2, -0.15) is 0 Å². The maximum atomic E-state index is 12.4. The summed E-state index contributed by atoms with van der Waals surface area (Å²) < 4.78 is 28.1. The van der Waals surface area contributed by atoms with Gasteiger partial charge in [0.25, 0.3) is 0 Å². The molecule has 1 aromatic rings. The largest absolute Gasteiger partial charge is 0.468 e. The fourth-order valence-electron chi connectivity index (χ4n) is 1.48. The van der Waals surface area contributed by atoms with Crippen molar-refractivity contribution < 1.29 is 18.0 Å². The lowest BCUT2D eigenvalue weighted by atomic mass is 10.3. The predicted octanol–water partition coefficient (Wildman–Crippen LogP) is 2.79. The summed E-state index contributed by atoms with van der Waals surface area (Å²) in [5, 5.41) is 0.561. The first-order chi connectivity index (χ1) is 7.05. The first-order valence-corrected chi connectivity index (χ1v) is 6.53. The van der Waals surface area contributed by atoms with Crippen LogP contribution in [-0.2, 0) is 13.6 Å². The summed E-state index contributed by atoms with van der Waals surface area (Å²) in [5.41, 5.74) is 0.803. The molecule has 0 unspecified atom stereocenters. The Hall–Kier alpha value is -0.570. The summed E-state index contributed by atoms with van der Waals surface area (Å²) in [6, 6.07) is 0. The molecule has 0 aliphatic heterocycles. The van der Waals surface area contributed by atoms with Crippen LogP contribution in [0.3, 0.4) is 0 Å². The molecule has 0 radical (unpaired) electrons. The molecule has 0 atom stereocenters. The van der Waals surface area contributed by atoms with Crippen molar-refractivity contribution in [3.8, 4) is 0 Å². The molecule has 0 fully saturated rings. The first kappa shape index (κ1) is 12.5. The fraction of sp³-hybridized carbons (Fsp3) is 0.600. The maximum Gasteiger partial charge on any atom is 0.365 e. The first-order valence-electron chi connectivity index (χ1n) is 4.99. The van der Waals surface area contributed by atoms with Crippen molar-refractivity contribution in [1.29, 1.82) is 0 Å². The topological polar surface area (TPSA) is 48.7 Å². The zero-order chi connectivity index (χ0) is 11.5. The molecule has 0 saturated carbocycles. The van der Waals surface area contributed by atoms with E-state index >= 15 is 0 Å². The molecule has 0 amide bonds. The minimum Gasteiger partial charge on any atom is -0.468 e. The van der Waals surface area contributed by atoms with E-state index in [0.29, 0.717) is 24.3 Å². The van der Waals surface area contributed by atoms with Crippen LogP contribution in [0.4, 0.5) is 0 Å². The third kappa shape index (κ3) is 2.51. The summed E-state index contributed by atoms with van der Waals surface area (Å²) in [7, 11) is -3.19. The Labute approximate surface area is 90.1 Å². The monoisotopic (exact) mass is 232 g/mol. The molecule has 15 heavy (non-hydrogen) atoms. The lowest BCUT2D eigenvalue weighted by Crippen LogP contribution is -2.13. The van der Waals surface area contributed by atoms with E-state index in [-0.39, 0.29) is 0 Å². The molecule has 0 spiro atoms. The van der Waals surface area contributed by atoms with E-state index in [1.807, 2.05) is 6.92 Å². The van der Waals surface area contributed by atoms with Gasteiger partial charge < -0.3 is 13.5 Å². The van der Waals surface area contributed by atoms with Crippen LogP contribution in [-0.4, -0.2) is 13.2 Å². The smallest absolute Gasteiger partial charge is 0.365 e. The van der Waals surface area contributed by atoms with E-state index in [1.54, 1.807) is 27.0 Å². The molecule has 0 aromatic carbocycles. The highest BCUT2D eigenvalue weighted by atomic mass is 31.2. The van der Waals surface area contributed by atoms with Crippen molar-refractivity contribution in [3.05, 3.63) is 17.6 Å². The molecular weight excluding hydrogens is 215 g/mol. The summed E-state index contributed by atoms with van der Waals surface area (Å²) >= 11 is 0. The number of hydrogen-bond acceptors (Lipinski definition) is 4. The van der Waals surface area contributed by atoms with Gasteiger partial charge in [-0.05, 0) is 27.7 Å². The molecule has 5 heteroatoms. The lowest BCUT2D eigenvalue weighted by molar-refractivity contribution is 0.229. The van der Waals surface area contributed by atoms with Gasteiger partial charge >= 0.3 is 7.60 Å². The van der Waals surface area contributed by atoms with E-state index in [1.165, 1.54) is 0 Å². The predicted molar refractivity (Wildman–Crippen MR) is 58.7 cm³/mol. The summed E-state index contributed by atoms with van der Waals surface area (Å²) in [5.74, 6) is 0.595. The molecule has 1 aromatic heterocycles. The number of rotatable bonds is 5. The number of furan rings is 1. The van der Waals surface area contributed by atoms with Gasteiger partial charge in [-0.25, -0.2) is 0 Å². The highest BCUT2D eigenvalue weighted by Crippen LogP contribution is 2.48. The number of hydrogen-bond donors (Lipinski definition) is 0. The van der Waals surface area contributed by atoms with Gasteiger partial charge in [0.2, 0.25) is 0 Å². The Morgan fingerprint density at radius 1 is 1.27 bits per heavy atom. The Balaban J connectivity index is 3.14. The van der Waals surface area contributed by atoms with Gasteiger partial charge in [0.05, 0.1) is 19.5 Å². The minimum absolute atomic E-state index is 0.349. The Morgan fingerprint density at radius 2 is 1.80 bits per heavy atom. The number of aryl methyl sites for hydroxylation is 2. The SMILES string of the molecule is CCOP(=O)(OCC)c1c(C)coc1C. The molecule has 0 N–H and O–H groups in total. The highest BCUT2D eigenvalue weighted by molar-refractivity contribution is 7.62. The molecule has 0 bridgehead atoms. The van der Waals surface area contributed by atoms with Crippen molar-refractivity contribution in [1.82, 2.24) is 0 Å². The summed E-state index contributed by atoms with van der Waals surface area (Å²) in [6.07, 6.45) is 1.56. The molecule has 86 valence electrons. The Morgan fingerprint density at radius 3 is 2.13 bits per heavy atom. The van der Waals surface area contributed by atoms with Crippen molar-refractivity contribution in [3.63, 3.8) is 0 Å². The minimum atomic E-state index is -3.19. The van der Waals surface area contributed by atoms with Crippen LogP contribution >= 0.6 is 7.60 Å². The van der Waals surface area contributed by atoms with Crippen molar-refractivity contribution in [2.75, 3.05) is 13.2 Å². The van der Waals surface area contributed by atoms with Gasteiger partial charge in [0, 0.05) is 5.56 Å². The Kier molecular flexibility index (Phi) is 4.14. The van der Waals surface area contributed by atoms with E-state index in [2.05, 4.69) is 0 Å². The standard InChI is InChI=1S/C10H17O4P/c1-5-13-15(11,14-6-2)10-8(3)7-12-9(10)4/h7H,5-6H2,1-4H3. The third-order valence-corrected chi connectivity index (χ3v) is 4.40. The van der Waals surface area contributed by atoms with Gasteiger partial charge in [0.1, 0.15) is 11.1 Å². The van der Waals surface area contributed by atoms with E-state index < -0.39 is 7.60 Å². The maximum absolute atomic E-state index is 12.4. The van der Waals surface area contributed by atoms with Gasteiger partial charge in [-0.15, -0.1) is 0 Å². The van der Waals surface area contributed by atoms with E-state index in [9.17, 15) is 4.57 Å². The van der Waals surface area contributed by atoms with Gasteiger partial charge in [-0.3, -0.25) is 4.57 Å². The van der Waals surface area contributed by atoms with Crippen LogP contribution in [0.1, 0.15) is 25.2 Å². The van der Waals surface area contributed by atoms with Gasteiger partial charge in [-0.1, -0.05) is 0 Å². The fourth-order valence-corrected chi connectivity index (χ4v) is 3.42. The summed E-state index contributed by atoms with van der Waals surface area (Å²) in [6.45, 7) is 7.86. The van der Waals surface area contributed by atoms with Crippen molar-refractivity contribution in [2.45, 2.75) is 27.7 Å². The molecule has 0 aliphatic carbocycles. The van der Waals surface area contributed by atoms with Crippen molar-refractivity contribution in [2.24, 2.45) is 0 Å². The second kappa shape index (κ2) is 4.97. The zero-order valence-corrected chi connectivity index (χ0v) is 10.5. The zero-order valence-electron chi connectivity index (χ0n) is 9.57. The molecule has 4 nitrogen and oxygen atoms in total. The van der Waals surface area contributed by atoms with Crippen LogP contribution in [0, 0.1) is 13.8 Å². The third-order valence-electron chi connectivity index (χ3n) is 1.99. The van der Waals surface area contributed by atoms with Crippen LogP contribution in [0.15, 0.2) is 10.7 Å². The second-order valence-corrected chi connectivity index (χ2v) is 5.12. The lowest BCUT2D eigenvalue weighted by Gasteiger charge is -2.16. The normalized spacial score (nSPS) is 12.0. The molecule has 1 rings (SSSR count). The quantitative estimate of drug-likeness (QED) is 0.732. The van der Waals surface area contributed by atoms with Crippen LogP contribution in [0.5, 0.6) is 0 Å². The molecule has 0 aliphatic rings. The van der Waals surface area contributed by atoms with Gasteiger partial charge in [0.15, 0.2) is 0 Å². The van der Waals surface area contributed by atoms with E-state index in [0.717, 1.165) is 5.56 Å².